The first-order valence-electron chi connectivity index (χ1n) is 12.2. The smallest absolute Gasteiger partial charge is 0.287 e. The molecule has 0 radical (unpaired) electrons. The zero-order valence-corrected chi connectivity index (χ0v) is 22.3. The van der Waals surface area contributed by atoms with Crippen molar-refractivity contribution in [1.29, 1.82) is 0 Å². The lowest BCUT2D eigenvalue weighted by Gasteiger charge is -2.33. The second-order valence-electron chi connectivity index (χ2n) is 10.1. The average molecular weight is 563 g/mol. The van der Waals surface area contributed by atoms with Gasteiger partial charge >= 0.3 is 0 Å². The van der Waals surface area contributed by atoms with Gasteiger partial charge in [-0.25, -0.2) is 4.98 Å². The molecule has 41 heavy (non-hydrogen) atoms. The van der Waals surface area contributed by atoms with Crippen LogP contribution >= 0.6 is 0 Å². The number of quaternary nitrogens is 1. The maximum absolute atomic E-state index is 12.8. The minimum absolute atomic E-state index is 0.0476. The zero-order valence-electron chi connectivity index (χ0n) is 22.3. The van der Waals surface area contributed by atoms with Gasteiger partial charge in [-0.2, -0.15) is 0 Å². The maximum atomic E-state index is 12.8. The van der Waals surface area contributed by atoms with Crippen molar-refractivity contribution in [1.82, 2.24) is 4.98 Å². The van der Waals surface area contributed by atoms with Crippen molar-refractivity contribution in [2.45, 2.75) is 0 Å². The highest BCUT2D eigenvalue weighted by Crippen LogP contribution is 2.48. The fraction of sp³-hybridized carbons (Fsp3) is 0.138. The number of phenolic OH excluding ortho intramolecular Hbond substituents is 3. The van der Waals surface area contributed by atoms with Crippen LogP contribution in [-0.4, -0.2) is 68.9 Å². The fourth-order valence-corrected chi connectivity index (χ4v) is 4.13. The Morgan fingerprint density at radius 1 is 0.805 bits per heavy atom. The Labute approximate surface area is 233 Å². The molecular formula is C29H28N3O9+. The number of aromatic nitrogens is 1. The monoisotopic (exact) mass is 562 g/mol. The lowest BCUT2D eigenvalue weighted by Crippen LogP contribution is -2.45. The van der Waals surface area contributed by atoms with E-state index in [1.54, 1.807) is 35.2 Å². The number of nitrogens with zero attached hydrogens (tertiary/aromatic N) is 3. The molecule has 2 heterocycles. The van der Waals surface area contributed by atoms with E-state index in [2.05, 4.69) is 4.98 Å². The average Bonchev–Trinajstić information content (AvgIpc) is 2.91. The van der Waals surface area contributed by atoms with E-state index in [0.29, 0.717) is 56.5 Å². The number of likely N-dealkylation sites (N-methyl/N-ethyl adjacent to an activating group) is 1. The SMILES string of the molecule is C[N+](C)(C)CC(=O)N1c2ccc(O)cc2Oc2cc(O)ccc21.O=c1ccc2nc3ccc(O)cc3oc-2c1.OO. The van der Waals surface area contributed by atoms with Gasteiger partial charge in [-0.1, -0.05) is 0 Å². The van der Waals surface area contributed by atoms with Gasteiger partial charge in [0, 0.05) is 24.3 Å². The summed E-state index contributed by atoms with van der Waals surface area (Å²) in [5, 5.41) is 40.6. The molecule has 2 aliphatic heterocycles. The fourth-order valence-electron chi connectivity index (χ4n) is 4.13. The highest BCUT2D eigenvalue weighted by molar-refractivity contribution is 6.05. The molecule has 0 saturated heterocycles. The number of rotatable bonds is 2. The summed E-state index contributed by atoms with van der Waals surface area (Å²) in [5.74, 6) is 1.27. The largest absolute Gasteiger partial charge is 0.508 e. The van der Waals surface area contributed by atoms with Crippen molar-refractivity contribution in [3.05, 3.63) is 83.0 Å². The van der Waals surface area contributed by atoms with Crippen LogP contribution in [0.25, 0.3) is 22.6 Å². The summed E-state index contributed by atoms with van der Waals surface area (Å²) in [6.45, 7) is 0.292. The second-order valence-corrected chi connectivity index (χ2v) is 10.1. The number of ether oxygens (including phenoxy) is 1. The topological polar surface area (TPSA) is 174 Å². The molecule has 0 bridgehead atoms. The van der Waals surface area contributed by atoms with Crippen molar-refractivity contribution in [3.63, 3.8) is 0 Å². The number of carbonyl (C=O) groups excluding carboxylic acids is 1. The number of hydrogen-bond acceptors (Lipinski definition) is 10. The van der Waals surface area contributed by atoms with Crippen LogP contribution in [0.15, 0.2) is 82.0 Å². The number of fused-ring (bicyclic) bond motifs is 4. The van der Waals surface area contributed by atoms with Crippen LogP contribution in [0, 0.1) is 0 Å². The molecule has 0 spiro atoms. The third kappa shape index (κ3) is 6.53. The summed E-state index contributed by atoms with van der Waals surface area (Å²) in [4.78, 5) is 29.9. The normalized spacial score (nSPS) is 11.8. The zero-order chi connectivity index (χ0) is 29.9. The van der Waals surface area contributed by atoms with Gasteiger partial charge in [0.1, 0.15) is 28.5 Å². The number of anilines is 2. The Morgan fingerprint density at radius 2 is 1.37 bits per heavy atom. The highest BCUT2D eigenvalue weighted by atomic mass is 17.0. The van der Waals surface area contributed by atoms with E-state index in [1.165, 1.54) is 42.5 Å². The third-order valence-corrected chi connectivity index (χ3v) is 5.78. The van der Waals surface area contributed by atoms with E-state index >= 15 is 0 Å². The van der Waals surface area contributed by atoms with E-state index in [9.17, 15) is 24.9 Å². The summed E-state index contributed by atoms with van der Waals surface area (Å²) in [6.07, 6.45) is 0. The molecular weight excluding hydrogens is 534 g/mol. The molecule has 0 aromatic heterocycles. The van der Waals surface area contributed by atoms with Crippen molar-refractivity contribution < 1.29 is 44.3 Å². The van der Waals surface area contributed by atoms with Crippen molar-refractivity contribution in [2.75, 3.05) is 32.6 Å². The molecule has 0 fully saturated rings. The van der Waals surface area contributed by atoms with Crippen LogP contribution in [0.3, 0.4) is 0 Å². The van der Waals surface area contributed by atoms with Crippen LogP contribution in [0.5, 0.6) is 28.7 Å². The molecule has 212 valence electrons. The van der Waals surface area contributed by atoms with E-state index in [-0.39, 0.29) is 28.6 Å². The molecule has 3 aliphatic rings. The molecule has 0 saturated carbocycles. The first-order valence-corrected chi connectivity index (χ1v) is 12.2. The number of amides is 1. The number of aromatic hydroxyl groups is 3. The predicted octanol–water partition coefficient (Wildman–Crippen LogP) is 4.59. The molecule has 0 atom stereocenters. The first kappa shape index (κ1) is 28.8. The van der Waals surface area contributed by atoms with Gasteiger partial charge in [-0.15, -0.1) is 0 Å². The van der Waals surface area contributed by atoms with E-state index in [1.807, 2.05) is 21.1 Å². The first-order chi connectivity index (χ1) is 19.5. The lowest BCUT2D eigenvalue weighted by atomic mass is 10.1. The summed E-state index contributed by atoms with van der Waals surface area (Å²) < 4.78 is 11.7. The van der Waals surface area contributed by atoms with Gasteiger partial charge in [0.15, 0.2) is 34.8 Å². The minimum Gasteiger partial charge on any atom is -0.508 e. The van der Waals surface area contributed by atoms with Gasteiger partial charge in [0.05, 0.1) is 32.5 Å². The Balaban J connectivity index is 0.000000188. The Morgan fingerprint density at radius 3 is 1.95 bits per heavy atom. The van der Waals surface area contributed by atoms with Gasteiger partial charge in [0.2, 0.25) is 0 Å². The van der Waals surface area contributed by atoms with Crippen LogP contribution < -0.4 is 15.1 Å². The number of benzene rings is 4. The molecule has 12 heteroatoms. The lowest BCUT2D eigenvalue weighted by molar-refractivity contribution is -0.862. The van der Waals surface area contributed by atoms with Crippen LogP contribution in [0.4, 0.5) is 11.4 Å². The summed E-state index contributed by atoms with van der Waals surface area (Å²) in [6, 6.07) is 18.3. The van der Waals surface area contributed by atoms with Crippen molar-refractivity contribution in [3.8, 4) is 40.2 Å². The molecule has 6 rings (SSSR count). The summed E-state index contributed by atoms with van der Waals surface area (Å²) in [5.41, 5.74) is 2.73. The third-order valence-electron chi connectivity index (χ3n) is 5.78. The van der Waals surface area contributed by atoms with E-state index in [0.717, 1.165) is 0 Å². The molecule has 0 unspecified atom stereocenters. The summed E-state index contributed by atoms with van der Waals surface area (Å²) >= 11 is 0. The molecule has 12 nitrogen and oxygen atoms in total. The molecule has 1 aliphatic carbocycles. The van der Waals surface area contributed by atoms with Crippen molar-refractivity contribution >= 4 is 28.4 Å². The van der Waals surface area contributed by atoms with Crippen LogP contribution in [-0.2, 0) is 4.79 Å². The number of phenols is 3. The van der Waals surface area contributed by atoms with Gasteiger partial charge in [-0.05, 0) is 48.5 Å². The van der Waals surface area contributed by atoms with Gasteiger partial charge in [0.25, 0.3) is 5.91 Å². The quantitative estimate of drug-likeness (QED) is 0.0886. The standard InChI is InChI=1S/C17H18N2O4.C12H7NO3.H2O2/c1-19(2,3)10-17(22)18-13-6-4-11(20)8-15(13)23-16-9-12(21)5-7-14(16)18;14-7-1-3-9-11(5-7)16-12-6-8(15)2-4-10(12)13-9;1-2/h4-9H,10H2,1-3H3,(H-,20,21);1-6,14H;1-2H/p+1. The Bertz CT molecular complexity index is 1690. The maximum Gasteiger partial charge on any atom is 0.287 e. The number of hydrogen-bond donors (Lipinski definition) is 5. The highest BCUT2D eigenvalue weighted by Gasteiger charge is 2.32. The molecule has 3 aromatic carbocycles. The van der Waals surface area contributed by atoms with Gasteiger partial charge in [-0.3, -0.25) is 25.0 Å². The summed E-state index contributed by atoms with van der Waals surface area (Å²) in [7, 11) is 5.81. The van der Waals surface area contributed by atoms with E-state index < -0.39 is 0 Å². The molecule has 1 amide bonds. The van der Waals surface area contributed by atoms with Gasteiger partial charge < -0.3 is 29.0 Å². The molecule has 3 aromatic rings. The van der Waals surface area contributed by atoms with Crippen LogP contribution in [0.2, 0.25) is 0 Å². The Kier molecular flexibility index (Phi) is 8.10. The molecule has 5 N–H and O–H groups in total. The second kappa shape index (κ2) is 11.5. The Hall–Kier alpha value is -5.17. The predicted molar refractivity (Wildman–Crippen MR) is 150 cm³/mol. The number of carbonyl (C=O) groups is 1. The minimum atomic E-state index is -0.127. The van der Waals surface area contributed by atoms with Crippen molar-refractivity contribution in [2.24, 2.45) is 0 Å². The van der Waals surface area contributed by atoms with Crippen LogP contribution in [0.1, 0.15) is 0 Å². The van der Waals surface area contributed by atoms with E-state index in [4.69, 9.17) is 19.7 Å².